The molecule has 14 nitrogen and oxygen atoms in total. The van der Waals surface area contributed by atoms with Gasteiger partial charge in [-0.2, -0.15) is 0 Å². The molecule has 1 aromatic carbocycles. The van der Waals surface area contributed by atoms with E-state index in [-0.39, 0.29) is 13.2 Å². The third-order valence-electron chi connectivity index (χ3n) is 3.74. The summed E-state index contributed by atoms with van der Waals surface area (Å²) in [5.74, 6) is -3.65. The van der Waals surface area contributed by atoms with Crippen LogP contribution in [0.25, 0.3) is 0 Å². The number of ether oxygens (including phenoxy) is 3. The summed E-state index contributed by atoms with van der Waals surface area (Å²) in [5, 5.41) is 27.5. The lowest BCUT2D eigenvalue weighted by Crippen LogP contribution is -2.64. The molecule has 1 rings (SSSR count). The molecule has 0 amide bonds. The lowest BCUT2D eigenvalue weighted by atomic mass is 10.1. The summed E-state index contributed by atoms with van der Waals surface area (Å²) in [4.78, 5) is 58.0. The highest BCUT2D eigenvalue weighted by molar-refractivity contribution is 6.09. The second-order valence-electron chi connectivity index (χ2n) is 5.51. The van der Waals surface area contributed by atoms with Gasteiger partial charge in [0.05, 0.1) is 42.4 Å². The number of carbonyl (C=O) groups excluding carboxylic acids is 3. The maximum Gasteiger partial charge on any atom is 0.358 e. The molecule has 14 heteroatoms. The third-order valence-corrected chi connectivity index (χ3v) is 3.74. The number of nitrogens with zero attached hydrogens (tertiary/aromatic N) is 2. The zero-order valence-corrected chi connectivity index (χ0v) is 16.5. The first-order chi connectivity index (χ1) is 14.1. The summed E-state index contributed by atoms with van der Waals surface area (Å²) in [5.41, 5.74) is -5.54. The molecule has 0 atom stereocenters. The highest BCUT2D eigenvalue weighted by atomic mass is 16.6. The molecule has 0 spiro atoms. The van der Waals surface area contributed by atoms with Crippen LogP contribution in [0.1, 0.15) is 24.2 Å². The first kappa shape index (κ1) is 24.2. The number of hydrogen-bond acceptors (Lipinski definition) is 12. The number of nitro groups is 2. The van der Waals surface area contributed by atoms with Crippen LogP contribution in [0.5, 0.6) is 0 Å². The molecule has 0 saturated heterocycles. The molecule has 0 aliphatic carbocycles. The Morgan fingerprint density at radius 2 is 1.60 bits per heavy atom. The maximum atomic E-state index is 12.4. The summed E-state index contributed by atoms with van der Waals surface area (Å²) < 4.78 is 14.0. The van der Waals surface area contributed by atoms with Crippen molar-refractivity contribution in [1.82, 2.24) is 5.32 Å². The summed E-state index contributed by atoms with van der Waals surface area (Å²) in [7, 11) is 1.92. The molecule has 0 radical (unpaired) electrons. The Labute approximate surface area is 169 Å². The normalized spacial score (nSPS) is 10.7. The molecule has 1 aromatic rings. The van der Waals surface area contributed by atoms with Crippen molar-refractivity contribution in [3.05, 3.63) is 37.9 Å². The van der Waals surface area contributed by atoms with Gasteiger partial charge < -0.3 is 19.5 Å². The number of esters is 3. The number of benzene rings is 1. The average Bonchev–Trinajstić information content (AvgIpc) is 2.71. The smallest absolute Gasteiger partial charge is 0.358 e. The Hall–Kier alpha value is -3.81. The van der Waals surface area contributed by atoms with Crippen molar-refractivity contribution in [3.63, 3.8) is 0 Å². The molecular weight excluding hydrogens is 408 g/mol. The SMILES string of the molecule is CCNC(Nc1cc([N+](=O)[O-])cc([N+](=O)[O-])c1C(=O)OCC)(C(=O)OC)C(=O)OC. The van der Waals surface area contributed by atoms with Crippen molar-refractivity contribution in [1.29, 1.82) is 0 Å². The zero-order valence-electron chi connectivity index (χ0n) is 16.5. The fraction of sp³-hybridized carbons (Fsp3) is 0.438. The predicted molar refractivity (Wildman–Crippen MR) is 99.8 cm³/mol. The van der Waals surface area contributed by atoms with Gasteiger partial charge in [-0.3, -0.25) is 25.5 Å². The van der Waals surface area contributed by atoms with Crippen LogP contribution >= 0.6 is 0 Å². The van der Waals surface area contributed by atoms with Gasteiger partial charge >= 0.3 is 17.9 Å². The van der Waals surface area contributed by atoms with E-state index in [4.69, 9.17) is 4.74 Å². The van der Waals surface area contributed by atoms with E-state index in [2.05, 4.69) is 20.1 Å². The molecule has 0 aromatic heterocycles. The summed E-state index contributed by atoms with van der Waals surface area (Å²) in [6, 6.07) is 1.31. The Bertz CT molecular complexity index is 854. The lowest BCUT2D eigenvalue weighted by Gasteiger charge is -2.31. The number of carbonyl (C=O) groups is 3. The maximum absolute atomic E-state index is 12.4. The van der Waals surface area contributed by atoms with E-state index in [1.807, 2.05) is 0 Å². The van der Waals surface area contributed by atoms with Gasteiger partial charge in [0, 0.05) is 6.07 Å². The van der Waals surface area contributed by atoms with E-state index < -0.39 is 56.0 Å². The van der Waals surface area contributed by atoms with Gasteiger partial charge in [0.2, 0.25) is 0 Å². The Morgan fingerprint density at radius 3 is 2.00 bits per heavy atom. The number of rotatable bonds is 10. The van der Waals surface area contributed by atoms with E-state index in [1.165, 1.54) is 13.8 Å². The van der Waals surface area contributed by atoms with Gasteiger partial charge in [0.1, 0.15) is 0 Å². The van der Waals surface area contributed by atoms with Crippen LogP contribution in [-0.4, -0.2) is 60.8 Å². The first-order valence-corrected chi connectivity index (χ1v) is 8.43. The molecule has 164 valence electrons. The number of anilines is 1. The Kier molecular flexibility index (Phi) is 8.16. The molecule has 0 unspecified atom stereocenters. The van der Waals surface area contributed by atoms with E-state index in [9.17, 15) is 34.6 Å². The minimum atomic E-state index is -2.47. The molecule has 0 bridgehead atoms. The highest BCUT2D eigenvalue weighted by Gasteiger charge is 2.50. The van der Waals surface area contributed by atoms with E-state index in [1.54, 1.807) is 0 Å². The highest BCUT2D eigenvalue weighted by Crippen LogP contribution is 2.34. The minimum Gasteiger partial charge on any atom is -0.466 e. The van der Waals surface area contributed by atoms with Gasteiger partial charge in [-0.15, -0.1) is 0 Å². The molecule has 0 saturated carbocycles. The summed E-state index contributed by atoms with van der Waals surface area (Å²) in [6.45, 7) is 2.78. The van der Waals surface area contributed by atoms with Gasteiger partial charge in [0.15, 0.2) is 5.56 Å². The van der Waals surface area contributed by atoms with Crippen LogP contribution in [-0.2, 0) is 23.8 Å². The van der Waals surface area contributed by atoms with E-state index >= 15 is 0 Å². The van der Waals surface area contributed by atoms with Crippen LogP contribution in [0.3, 0.4) is 0 Å². The van der Waals surface area contributed by atoms with Gasteiger partial charge in [-0.1, -0.05) is 6.92 Å². The van der Waals surface area contributed by atoms with Gasteiger partial charge in [-0.05, 0) is 13.5 Å². The first-order valence-electron chi connectivity index (χ1n) is 8.43. The number of hydrogen-bond donors (Lipinski definition) is 2. The summed E-state index contributed by atoms with van der Waals surface area (Å²) >= 11 is 0. The molecule has 0 heterocycles. The number of nitro benzene ring substituents is 2. The second kappa shape index (κ2) is 10.1. The van der Waals surface area contributed by atoms with Crippen molar-refractivity contribution in [2.75, 3.05) is 32.7 Å². The topological polar surface area (TPSA) is 189 Å². The molecule has 0 aliphatic rings. The van der Waals surface area contributed by atoms with Crippen molar-refractivity contribution in [3.8, 4) is 0 Å². The lowest BCUT2D eigenvalue weighted by molar-refractivity contribution is -0.394. The Morgan fingerprint density at radius 1 is 1.03 bits per heavy atom. The van der Waals surface area contributed by atoms with Gasteiger partial charge in [-0.25, -0.2) is 14.4 Å². The van der Waals surface area contributed by atoms with Crippen molar-refractivity contribution < 1.29 is 38.4 Å². The Balaban J connectivity index is 3.90. The van der Waals surface area contributed by atoms with Crippen LogP contribution in [0.2, 0.25) is 0 Å². The van der Waals surface area contributed by atoms with Crippen molar-refractivity contribution in [2.24, 2.45) is 0 Å². The fourth-order valence-electron chi connectivity index (χ4n) is 2.52. The van der Waals surface area contributed by atoms with Crippen molar-refractivity contribution >= 4 is 35.0 Å². The van der Waals surface area contributed by atoms with Gasteiger partial charge in [0.25, 0.3) is 17.0 Å². The quantitative estimate of drug-likeness (QED) is 0.133. The van der Waals surface area contributed by atoms with Crippen LogP contribution in [0.15, 0.2) is 12.1 Å². The second-order valence-corrected chi connectivity index (χ2v) is 5.51. The number of likely N-dealkylation sites (N-methyl/N-ethyl adjacent to an activating group) is 1. The van der Waals surface area contributed by atoms with Crippen LogP contribution in [0, 0.1) is 20.2 Å². The molecule has 0 aliphatic heterocycles. The summed E-state index contributed by atoms with van der Waals surface area (Å²) in [6.07, 6.45) is 0. The fourth-order valence-corrected chi connectivity index (χ4v) is 2.52. The predicted octanol–water partition coefficient (Wildman–Crippen LogP) is 0.743. The standard InChI is InChI=1S/C16H20N4O10/c1-5-17-16(14(22)28-3,15(23)29-4)18-10-7-9(19(24)25)8-11(20(26)27)12(10)13(21)30-6-2/h7-8,17-18H,5-6H2,1-4H3. The van der Waals surface area contributed by atoms with E-state index in [0.29, 0.717) is 6.07 Å². The van der Waals surface area contributed by atoms with E-state index in [0.717, 1.165) is 20.3 Å². The monoisotopic (exact) mass is 428 g/mol. The van der Waals surface area contributed by atoms with Crippen LogP contribution < -0.4 is 10.6 Å². The van der Waals surface area contributed by atoms with Crippen molar-refractivity contribution in [2.45, 2.75) is 19.5 Å². The molecule has 2 N–H and O–H groups in total. The minimum absolute atomic E-state index is 0.0110. The zero-order chi connectivity index (χ0) is 23.1. The number of non-ortho nitro benzene ring substituents is 1. The molecule has 0 fully saturated rings. The molecular formula is C16H20N4O10. The third kappa shape index (κ3) is 4.78. The van der Waals surface area contributed by atoms with Crippen LogP contribution in [0.4, 0.5) is 17.1 Å². The molecule has 30 heavy (non-hydrogen) atoms. The average molecular weight is 428 g/mol. The largest absolute Gasteiger partial charge is 0.466 e. The number of nitrogens with one attached hydrogen (secondary N) is 2. The number of methoxy groups -OCH3 is 2.